The molecule has 0 bridgehead atoms. The molecule has 2 aliphatic heterocycles. The Morgan fingerprint density at radius 3 is 3.00 bits per heavy atom. The minimum absolute atomic E-state index is 0.214. The van der Waals surface area contributed by atoms with Crippen LogP contribution in [0, 0.1) is 0 Å². The van der Waals surface area contributed by atoms with Gasteiger partial charge in [-0.1, -0.05) is 0 Å². The maximum atomic E-state index is 5.90. The third-order valence-electron chi connectivity index (χ3n) is 3.45. The van der Waals surface area contributed by atoms with Gasteiger partial charge in [-0.2, -0.15) is 0 Å². The molecule has 2 aliphatic rings. The second-order valence-electron chi connectivity index (χ2n) is 4.48. The number of piperidine rings is 1. The summed E-state index contributed by atoms with van der Waals surface area (Å²) in [5.41, 5.74) is 6.11. The molecule has 1 unspecified atom stereocenters. The van der Waals surface area contributed by atoms with Crippen molar-refractivity contribution >= 4 is 5.96 Å². The zero-order valence-corrected chi connectivity index (χ0v) is 9.16. The molecule has 80 valence electrons. The first kappa shape index (κ1) is 9.77. The average Bonchev–Trinajstić information content (AvgIpc) is 2.43. The molecule has 0 saturated carbocycles. The number of guanidine groups is 1. The van der Waals surface area contributed by atoms with Gasteiger partial charge >= 0.3 is 0 Å². The molecule has 1 atom stereocenters. The largest absolute Gasteiger partial charge is 0.370 e. The quantitative estimate of drug-likeness (QED) is 0.647. The van der Waals surface area contributed by atoms with E-state index in [-0.39, 0.29) is 5.54 Å². The normalized spacial score (nSPS) is 33.9. The minimum Gasteiger partial charge on any atom is -0.370 e. The minimum atomic E-state index is 0.214. The second kappa shape index (κ2) is 3.42. The molecule has 0 radical (unpaired) electrons. The van der Waals surface area contributed by atoms with Crippen LogP contribution >= 0.6 is 0 Å². The van der Waals surface area contributed by atoms with E-state index < -0.39 is 0 Å². The van der Waals surface area contributed by atoms with Crippen molar-refractivity contribution in [3.63, 3.8) is 0 Å². The molecule has 0 aromatic rings. The van der Waals surface area contributed by atoms with Crippen LogP contribution in [0.3, 0.4) is 0 Å². The van der Waals surface area contributed by atoms with Gasteiger partial charge in [-0.3, -0.25) is 4.99 Å². The number of hydrogen-bond acceptors (Lipinski definition) is 4. The van der Waals surface area contributed by atoms with Crippen molar-refractivity contribution in [3.05, 3.63) is 0 Å². The Kier molecular flexibility index (Phi) is 2.39. The number of likely N-dealkylation sites (tertiary alicyclic amines) is 1. The van der Waals surface area contributed by atoms with E-state index in [0.717, 1.165) is 25.6 Å². The van der Waals surface area contributed by atoms with Gasteiger partial charge in [0, 0.05) is 13.1 Å². The van der Waals surface area contributed by atoms with E-state index >= 15 is 0 Å². The van der Waals surface area contributed by atoms with E-state index in [4.69, 9.17) is 5.73 Å². The van der Waals surface area contributed by atoms with Crippen LogP contribution in [0.2, 0.25) is 0 Å². The Labute approximate surface area is 85.8 Å². The number of hydrogen-bond donors (Lipinski definition) is 1. The van der Waals surface area contributed by atoms with Gasteiger partial charge in [0.1, 0.15) is 0 Å². The van der Waals surface area contributed by atoms with Crippen molar-refractivity contribution in [1.82, 2.24) is 9.80 Å². The van der Waals surface area contributed by atoms with Gasteiger partial charge in [0.25, 0.3) is 0 Å². The van der Waals surface area contributed by atoms with Crippen molar-refractivity contribution in [2.45, 2.75) is 25.3 Å². The van der Waals surface area contributed by atoms with Crippen molar-refractivity contribution < 1.29 is 0 Å². The first-order valence-corrected chi connectivity index (χ1v) is 5.44. The highest BCUT2D eigenvalue weighted by Crippen LogP contribution is 2.30. The van der Waals surface area contributed by atoms with Gasteiger partial charge in [0.15, 0.2) is 5.96 Å². The van der Waals surface area contributed by atoms with E-state index in [1.165, 1.54) is 19.4 Å². The topological polar surface area (TPSA) is 44.9 Å². The van der Waals surface area contributed by atoms with Crippen LogP contribution in [-0.4, -0.2) is 54.5 Å². The standard InChI is InChI=1S/C10H20N4/c1-3-14-9(11)12-7-10(14)5-4-6-13(2)8-10/h3-8H2,1-2H3,(H2,11,12). The Bertz CT molecular complexity index is 251. The third-order valence-corrected chi connectivity index (χ3v) is 3.45. The molecule has 4 nitrogen and oxygen atoms in total. The lowest BCUT2D eigenvalue weighted by molar-refractivity contribution is 0.0915. The fraction of sp³-hybridized carbons (Fsp3) is 0.900. The molecule has 1 fully saturated rings. The Balaban J connectivity index is 2.16. The summed E-state index contributed by atoms with van der Waals surface area (Å²) in [6.07, 6.45) is 2.49. The molecule has 0 aromatic carbocycles. The fourth-order valence-electron chi connectivity index (χ4n) is 2.83. The highest BCUT2D eigenvalue weighted by molar-refractivity contribution is 5.81. The zero-order chi connectivity index (χ0) is 10.2. The lowest BCUT2D eigenvalue weighted by atomic mass is 9.88. The van der Waals surface area contributed by atoms with Crippen LogP contribution in [0.15, 0.2) is 4.99 Å². The Morgan fingerprint density at radius 1 is 1.57 bits per heavy atom. The Morgan fingerprint density at radius 2 is 2.36 bits per heavy atom. The molecule has 2 rings (SSSR count). The summed E-state index contributed by atoms with van der Waals surface area (Å²) in [5, 5.41) is 0. The van der Waals surface area contributed by atoms with E-state index in [9.17, 15) is 0 Å². The van der Waals surface area contributed by atoms with E-state index in [1.807, 2.05) is 0 Å². The molecule has 0 aromatic heterocycles. The first-order valence-electron chi connectivity index (χ1n) is 5.44. The summed E-state index contributed by atoms with van der Waals surface area (Å²) < 4.78 is 0. The van der Waals surface area contributed by atoms with Gasteiger partial charge in [-0.25, -0.2) is 0 Å². The highest BCUT2D eigenvalue weighted by atomic mass is 15.4. The number of aliphatic imine (C=N–C) groups is 1. The predicted molar refractivity (Wildman–Crippen MR) is 58.3 cm³/mol. The molecule has 0 amide bonds. The van der Waals surface area contributed by atoms with E-state index in [2.05, 4.69) is 28.8 Å². The summed E-state index contributed by atoms with van der Waals surface area (Å²) in [5.74, 6) is 0.739. The molecule has 2 heterocycles. The highest BCUT2D eigenvalue weighted by Gasteiger charge is 2.43. The number of likely N-dealkylation sites (N-methyl/N-ethyl adjacent to an activating group) is 2. The smallest absolute Gasteiger partial charge is 0.191 e. The van der Waals surface area contributed by atoms with Crippen LogP contribution in [-0.2, 0) is 0 Å². The second-order valence-corrected chi connectivity index (χ2v) is 4.48. The van der Waals surface area contributed by atoms with E-state index in [1.54, 1.807) is 0 Å². The number of nitrogens with two attached hydrogens (primary N) is 1. The van der Waals surface area contributed by atoms with Crippen LogP contribution in [0.1, 0.15) is 19.8 Å². The van der Waals surface area contributed by atoms with Crippen molar-refractivity contribution in [3.8, 4) is 0 Å². The summed E-state index contributed by atoms with van der Waals surface area (Å²) >= 11 is 0. The maximum absolute atomic E-state index is 5.90. The van der Waals surface area contributed by atoms with Gasteiger partial charge < -0.3 is 15.5 Å². The molecule has 4 heteroatoms. The molecular weight excluding hydrogens is 176 g/mol. The SMILES string of the molecule is CCN1C(N)=NCC12CCCN(C)C2. The van der Waals surface area contributed by atoms with Crippen molar-refractivity contribution in [1.29, 1.82) is 0 Å². The van der Waals surface area contributed by atoms with Crippen molar-refractivity contribution in [2.24, 2.45) is 10.7 Å². The van der Waals surface area contributed by atoms with Gasteiger partial charge in [0.05, 0.1) is 12.1 Å². The summed E-state index contributed by atoms with van der Waals surface area (Å²) in [7, 11) is 2.18. The predicted octanol–water partition coefficient (Wildman–Crippen LogP) is 0.101. The van der Waals surface area contributed by atoms with Gasteiger partial charge in [0.2, 0.25) is 0 Å². The first-order chi connectivity index (χ1) is 6.68. The fourth-order valence-corrected chi connectivity index (χ4v) is 2.83. The average molecular weight is 196 g/mol. The molecular formula is C10H20N4. The van der Waals surface area contributed by atoms with Gasteiger partial charge in [-0.05, 0) is 33.4 Å². The van der Waals surface area contributed by atoms with Gasteiger partial charge in [-0.15, -0.1) is 0 Å². The maximum Gasteiger partial charge on any atom is 0.191 e. The monoisotopic (exact) mass is 196 g/mol. The molecule has 0 aliphatic carbocycles. The van der Waals surface area contributed by atoms with Crippen molar-refractivity contribution in [2.75, 3.05) is 33.2 Å². The molecule has 14 heavy (non-hydrogen) atoms. The van der Waals surface area contributed by atoms with E-state index in [0.29, 0.717) is 0 Å². The Hall–Kier alpha value is -0.770. The summed E-state index contributed by atoms with van der Waals surface area (Å²) in [6.45, 7) is 6.33. The zero-order valence-electron chi connectivity index (χ0n) is 9.16. The van der Waals surface area contributed by atoms with Crippen LogP contribution in [0.5, 0.6) is 0 Å². The summed E-state index contributed by atoms with van der Waals surface area (Å²) in [4.78, 5) is 9.06. The number of rotatable bonds is 1. The summed E-state index contributed by atoms with van der Waals surface area (Å²) in [6, 6.07) is 0. The lowest BCUT2D eigenvalue weighted by Crippen LogP contribution is -2.59. The van der Waals surface area contributed by atoms with Crippen LogP contribution < -0.4 is 5.73 Å². The lowest BCUT2D eigenvalue weighted by Gasteiger charge is -2.44. The third kappa shape index (κ3) is 1.38. The molecule has 1 saturated heterocycles. The molecule has 1 spiro atoms. The van der Waals surface area contributed by atoms with Crippen LogP contribution in [0.4, 0.5) is 0 Å². The van der Waals surface area contributed by atoms with Crippen LogP contribution in [0.25, 0.3) is 0 Å². The number of nitrogens with zero attached hydrogens (tertiary/aromatic N) is 3. The molecule has 2 N–H and O–H groups in total.